The molecular weight excluding hydrogens is 200 g/mol. The lowest BCUT2D eigenvalue weighted by molar-refractivity contribution is -0.108. The minimum absolute atomic E-state index is 0.155. The van der Waals surface area contributed by atoms with Gasteiger partial charge in [0.05, 0.1) is 7.11 Å². The van der Waals surface area contributed by atoms with Crippen LogP contribution in [0.2, 0.25) is 5.02 Å². The lowest BCUT2D eigenvalue weighted by atomic mass is 10.1. The molecule has 0 bridgehead atoms. The van der Waals surface area contributed by atoms with Crippen LogP contribution in [0.3, 0.4) is 0 Å². The summed E-state index contributed by atoms with van der Waals surface area (Å²) < 4.78 is 5.22. The van der Waals surface area contributed by atoms with Crippen LogP contribution in [0.1, 0.15) is 17.9 Å². The molecule has 2 unspecified atom stereocenters. The molecule has 2 rings (SSSR count). The fraction of sp³-hybridized carbons (Fsp3) is 0.364. The molecule has 14 heavy (non-hydrogen) atoms. The number of hydrogen-bond acceptors (Lipinski definition) is 2. The van der Waals surface area contributed by atoms with Crippen LogP contribution in [0.25, 0.3) is 0 Å². The van der Waals surface area contributed by atoms with E-state index in [2.05, 4.69) is 0 Å². The Morgan fingerprint density at radius 3 is 2.93 bits per heavy atom. The van der Waals surface area contributed by atoms with Gasteiger partial charge < -0.3 is 9.53 Å². The van der Waals surface area contributed by atoms with Crippen molar-refractivity contribution in [2.45, 2.75) is 12.3 Å². The number of aldehydes is 1. The van der Waals surface area contributed by atoms with Crippen LogP contribution in [0.5, 0.6) is 5.75 Å². The van der Waals surface area contributed by atoms with Gasteiger partial charge >= 0.3 is 0 Å². The van der Waals surface area contributed by atoms with Gasteiger partial charge in [-0.05, 0) is 36.1 Å². The summed E-state index contributed by atoms with van der Waals surface area (Å²) in [6.45, 7) is 0. The van der Waals surface area contributed by atoms with E-state index in [1.165, 1.54) is 0 Å². The highest BCUT2D eigenvalue weighted by atomic mass is 35.5. The number of halogens is 1. The van der Waals surface area contributed by atoms with Gasteiger partial charge in [0.15, 0.2) is 0 Å². The number of benzene rings is 1. The summed E-state index contributed by atoms with van der Waals surface area (Å²) >= 11 is 5.89. The highest BCUT2D eigenvalue weighted by Gasteiger charge is 2.39. The van der Waals surface area contributed by atoms with Crippen molar-refractivity contribution in [2.75, 3.05) is 7.11 Å². The number of rotatable bonds is 3. The second-order valence-corrected chi connectivity index (χ2v) is 3.96. The second-order valence-electron chi connectivity index (χ2n) is 3.53. The molecule has 0 heterocycles. The van der Waals surface area contributed by atoms with E-state index in [4.69, 9.17) is 16.3 Å². The normalized spacial score (nSPS) is 24.4. The number of carbonyl (C=O) groups is 1. The zero-order valence-electron chi connectivity index (χ0n) is 7.87. The Morgan fingerprint density at radius 2 is 2.36 bits per heavy atom. The van der Waals surface area contributed by atoms with E-state index in [0.29, 0.717) is 10.9 Å². The molecule has 2 atom stereocenters. The van der Waals surface area contributed by atoms with Crippen molar-refractivity contribution < 1.29 is 9.53 Å². The van der Waals surface area contributed by atoms with E-state index in [9.17, 15) is 4.79 Å². The van der Waals surface area contributed by atoms with Crippen molar-refractivity contribution in [2.24, 2.45) is 5.92 Å². The van der Waals surface area contributed by atoms with E-state index in [1.807, 2.05) is 12.1 Å². The molecule has 0 aliphatic heterocycles. The highest BCUT2D eigenvalue weighted by molar-refractivity contribution is 6.30. The summed E-state index contributed by atoms with van der Waals surface area (Å²) in [4.78, 5) is 10.6. The molecule has 0 saturated heterocycles. The lowest BCUT2D eigenvalue weighted by Gasteiger charge is -2.07. The first-order valence-electron chi connectivity index (χ1n) is 4.55. The van der Waals surface area contributed by atoms with E-state index in [1.54, 1.807) is 13.2 Å². The lowest BCUT2D eigenvalue weighted by Crippen LogP contribution is -1.91. The average molecular weight is 211 g/mol. The molecule has 0 spiro atoms. The first kappa shape index (κ1) is 9.53. The largest absolute Gasteiger partial charge is 0.496 e. The van der Waals surface area contributed by atoms with Crippen molar-refractivity contribution in [3.05, 3.63) is 28.8 Å². The van der Waals surface area contributed by atoms with Gasteiger partial charge in [0.25, 0.3) is 0 Å². The van der Waals surface area contributed by atoms with E-state index in [0.717, 1.165) is 24.0 Å². The SMILES string of the molecule is COc1ccc(Cl)cc1C1CC1C=O. The third-order valence-electron chi connectivity index (χ3n) is 2.61. The van der Waals surface area contributed by atoms with Crippen LogP contribution >= 0.6 is 11.6 Å². The number of hydrogen-bond donors (Lipinski definition) is 0. The van der Waals surface area contributed by atoms with Crippen LogP contribution in [0.15, 0.2) is 18.2 Å². The minimum Gasteiger partial charge on any atom is -0.496 e. The summed E-state index contributed by atoms with van der Waals surface area (Å²) in [5.74, 6) is 1.28. The molecule has 3 heteroatoms. The van der Waals surface area contributed by atoms with Crippen LogP contribution in [0.4, 0.5) is 0 Å². The molecule has 74 valence electrons. The Kier molecular flexibility index (Phi) is 2.46. The van der Waals surface area contributed by atoms with Crippen LogP contribution in [-0.4, -0.2) is 13.4 Å². The molecule has 1 fully saturated rings. The van der Waals surface area contributed by atoms with E-state index in [-0.39, 0.29) is 5.92 Å². The molecular formula is C11H11ClO2. The van der Waals surface area contributed by atoms with Crippen molar-refractivity contribution in [1.29, 1.82) is 0 Å². The highest BCUT2D eigenvalue weighted by Crippen LogP contribution is 2.49. The third-order valence-corrected chi connectivity index (χ3v) is 2.84. The molecule has 1 aliphatic rings. The molecule has 1 aromatic rings. The topological polar surface area (TPSA) is 26.3 Å². The van der Waals surface area contributed by atoms with Crippen LogP contribution < -0.4 is 4.74 Å². The molecule has 2 nitrogen and oxygen atoms in total. The van der Waals surface area contributed by atoms with Gasteiger partial charge in [-0.25, -0.2) is 0 Å². The van der Waals surface area contributed by atoms with Crippen molar-refractivity contribution in [1.82, 2.24) is 0 Å². The fourth-order valence-electron chi connectivity index (χ4n) is 1.72. The standard InChI is InChI=1S/C11H11ClO2/c1-14-11-3-2-8(12)5-10(11)9-4-7(9)6-13/h2-3,5-7,9H,4H2,1H3. The van der Waals surface area contributed by atoms with Crippen molar-refractivity contribution >= 4 is 17.9 Å². The number of ether oxygens (including phenoxy) is 1. The molecule has 1 saturated carbocycles. The van der Waals surface area contributed by atoms with Crippen LogP contribution in [0, 0.1) is 5.92 Å². The summed E-state index contributed by atoms with van der Waals surface area (Å²) in [5, 5.41) is 0.692. The average Bonchev–Trinajstić information content (AvgIpc) is 2.96. The predicted octanol–water partition coefficient (Wildman–Crippen LogP) is 2.65. The van der Waals surface area contributed by atoms with Gasteiger partial charge in [0.1, 0.15) is 12.0 Å². The summed E-state index contributed by atoms with van der Waals surface area (Å²) in [5.41, 5.74) is 1.05. The molecule has 0 aromatic heterocycles. The Balaban J connectivity index is 2.31. The quantitative estimate of drug-likeness (QED) is 0.717. The number of methoxy groups -OCH3 is 1. The Hall–Kier alpha value is -1.02. The maximum Gasteiger partial charge on any atom is 0.123 e. The maximum absolute atomic E-state index is 10.6. The van der Waals surface area contributed by atoms with Gasteiger partial charge in [0.2, 0.25) is 0 Å². The molecule has 1 aromatic carbocycles. The van der Waals surface area contributed by atoms with Gasteiger partial charge in [-0.1, -0.05) is 11.6 Å². The summed E-state index contributed by atoms with van der Waals surface area (Å²) in [6, 6.07) is 5.52. The van der Waals surface area contributed by atoms with Crippen LogP contribution in [-0.2, 0) is 4.79 Å². The van der Waals surface area contributed by atoms with Crippen molar-refractivity contribution in [3.8, 4) is 5.75 Å². The molecule has 1 aliphatic carbocycles. The summed E-state index contributed by atoms with van der Waals surface area (Å²) in [7, 11) is 1.63. The Labute approximate surface area is 87.8 Å². The van der Waals surface area contributed by atoms with Gasteiger partial charge in [-0.3, -0.25) is 0 Å². The van der Waals surface area contributed by atoms with E-state index < -0.39 is 0 Å². The van der Waals surface area contributed by atoms with Gasteiger partial charge in [-0.15, -0.1) is 0 Å². The Bertz CT molecular complexity index is 362. The molecule has 0 N–H and O–H groups in total. The zero-order valence-corrected chi connectivity index (χ0v) is 8.62. The van der Waals surface area contributed by atoms with E-state index >= 15 is 0 Å². The van der Waals surface area contributed by atoms with Gasteiger partial charge in [-0.2, -0.15) is 0 Å². The number of carbonyl (C=O) groups excluding carboxylic acids is 1. The molecule has 0 radical (unpaired) electrons. The minimum atomic E-state index is 0.155. The smallest absolute Gasteiger partial charge is 0.123 e. The predicted molar refractivity (Wildman–Crippen MR) is 54.9 cm³/mol. The second kappa shape index (κ2) is 3.62. The van der Waals surface area contributed by atoms with Crippen molar-refractivity contribution in [3.63, 3.8) is 0 Å². The first-order chi connectivity index (χ1) is 6.76. The Morgan fingerprint density at radius 1 is 1.57 bits per heavy atom. The monoisotopic (exact) mass is 210 g/mol. The van der Waals surface area contributed by atoms with Gasteiger partial charge in [0, 0.05) is 10.9 Å². The fourth-order valence-corrected chi connectivity index (χ4v) is 1.90. The third kappa shape index (κ3) is 1.62. The molecule has 0 amide bonds. The summed E-state index contributed by atoms with van der Waals surface area (Å²) in [6.07, 6.45) is 1.92. The maximum atomic E-state index is 10.6. The first-order valence-corrected chi connectivity index (χ1v) is 4.92. The zero-order chi connectivity index (χ0) is 10.1.